The first kappa shape index (κ1) is 18.3. The lowest BCUT2D eigenvalue weighted by Crippen LogP contribution is -2.44. The molecular weight excluding hydrogens is 344 g/mol. The van der Waals surface area contributed by atoms with Gasteiger partial charge in [-0.1, -0.05) is 19.3 Å². The standard InChI is InChI=1S/C19H30N6O2/c1-22-16-15(17(26)23(2)19(22)27)25(11-13-7-4-3-5-8-13)18(21-16)24-10-6-9-14(20)12-24/h13-14H,3-12,20H2,1-2H3. The van der Waals surface area contributed by atoms with Crippen molar-refractivity contribution in [1.29, 1.82) is 0 Å². The Hall–Kier alpha value is -2.09. The molecule has 2 N–H and O–H groups in total. The molecule has 1 aliphatic heterocycles. The summed E-state index contributed by atoms with van der Waals surface area (Å²) in [6, 6.07) is 0.119. The number of rotatable bonds is 3. The Bertz CT molecular complexity index is 950. The largest absolute Gasteiger partial charge is 0.341 e. The number of piperidine rings is 1. The normalized spacial score (nSPS) is 21.9. The summed E-state index contributed by atoms with van der Waals surface area (Å²) in [4.78, 5) is 32.3. The van der Waals surface area contributed by atoms with E-state index in [0.29, 0.717) is 17.1 Å². The van der Waals surface area contributed by atoms with Gasteiger partial charge in [0.05, 0.1) is 0 Å². The van der Waals surface area contributed by atoms with Crippen molar-refractivity contribution in [1.82, 2.24) is 18.7 Å². The lowest BCUT2D eigenvalue weighted by atomic mass is 9.89. The van der Waals surface area contributed by atoms with Crippen LogP contribution in [0.4, 0.5) is 5.95 Å². The molecule has 0 spiro atoms. The van der Waals surface area contributed by atoms with Crippen LogP contribution in [0.5, 0.6) is 0 Å². The van der Waals surface area contributed by atoms with Gasteiger partial charge < -0.3 is 15.2 Å². The number of hydrogen-bond acceptors (Lipinski definition) is 5. The number of anilines is 1. The highest BCUT2D eigenvalue weighted by molar-refractivity contribution is 5.74. The Morgan fingerprint density at radius 2 is 1.78 bits per heavy atom. The maximum Gasteiger partial charge on any atom is 0.332 e. The van der Waals surface area contributed by atoms with Gasteiger partial charge in [0.2, 0.25) is 5.95 Å². The van der Waals surface area contributed by atoms with E-state index in [4.69, 9.17) is 10.7 Å². The van der Waals surface area contributed by atoms with E-state index in [0.717, 1.165) is 38.4 Å². The zero-order valence-electron chi connectivity index (χ0n) is 16.4. The Morgan fingerprint density at radius 3 is 2.48 bits per heavy atom. The van der Waals surface area contributed by atoms with Gasteiger partial charge >= 0.3 is 5.69 Å². The summed E-state index contributed by atoms with van der Waals surface area (Å²) >= 11 is 0. The average molecular weight is 374 g/mol. The van der Waals surface area contributed by atoms with Gasteiger partial charge in [0.1, 0.15) is 0 Å². The van der Waals surface area contributed by atoms with E-state index in [-0.39, 0.29) is 17.3 Å². The van der Waals surface area contributed by atoms with E-state index in [2.05, 4.69) is 9.47 Å². The van der Waals surface area contributed by atoms with Crippen molar-refractivity contribution >= 4 is 17.1 Å². The fourth-order valence-corrected chi connectivity index (χ4v) is 4.67. The van der Waals surface area contributed by atoms with Crippen molar-refractivity contribution in [2.75, 3.05) is 18.0 Å². The zero-order chi connectivity index (χ0) is 19.1. The van der Waals surface area contributed by atoms with Gasteiger partial charge in [-0.15, -0.1) is 0 Å². The summed E-state index contributed by atoms with van der Waals surface area (Å²) in [5, 5.41) is 0. The molecule has 2 aromatic heterocycles. The predicted molar refractivity (Wildman–Crippen MR) is 106 cm³/mol. The van der Waals surface area contributed by atoms with E-state index in [9.17, 15) is 9.59 Å². The summed E-state index contributed by atoms with van der Waals surface area (Å²) in [5.74, 6) is 1.35. The summed E-state index contributed by atoms with van der Waals surface area (Å²) in [6.45, 7) is 2.41. The van der Waals surface area contributed by atoms with Crippen LogP contribution in [0.3, 0.4) is 0 Å². The van der Waals surface area contributed by atoms with Crippen molar-refractivity contribution in [3.8, 4) is 0 Å². The molecule has 1 unspecified atom stereocenters. The van der Waals surface area contributed by atoms with Gasteiger partial charge in [0, 0.05) is 39.8 Å². The van der Waals surface area contributed by atoms with Crippen molar-refractivity contribution in [3.05, 3.63) is 20.8 Å². The van der Waals surface area contributed by atoms with Crippen LogP contribution < -0.4 is 21.9 Å². The molecular formula is C19H30N6O2. The topological polar surface area (TPSA) is 91.1 Å². The SMILES string of the molecule is Cn1c(=O)c2c(nc(N3CCCC(N)C3)n2CC2CCCCC2)n(C)c1=O. The molecule has 8 heteroatoms. The van der Waals surface area contributed by atoms with Gasteiger partial charge in [0.15, 0.2) is 11.2 Å². The molecule has 1 aliphatic carbocycles. The van der Waals surface area contributed by atoms with Crippen molar-refractivity contribution in [3.63, 3.8) is 0 Å². The number of hydrogen-bond donors (Lipinski definition) is 1. The zero-order valence-corrected chi connectivity index (χ0v) is 16.4. The molecule has 0 bridgehead atoms. The van der Waals surface area contributed by atoms with Crippen LogP contribution in [0.2, 0.25) is 0 Å². The second-order valence-corrected chi connectivity index (χ2v) is 8.25. The van der Waals surface area contributed by atoms with Crippen molar-refractivity contribution < 1.29 is 0 Å². The van der Waals surface area contributed by atoms with E-state index in [1.807, 2.05) is 0 Å². The van der Waals surface area contributed by atoms with Gasteiger partial charge in [-0.3, -0.25) is 13.9 Å². The van der Waals surface area contributed by atoms with Crippen LogP contribution in [-0.2, 0) is 20.6 Å². The van der Waals surface area contributed by atoms with Crippen LogP contribution >= 0.6 is 0 Å². The highest BCUT2D eigenvalue weighted by Crippen LogP contribution is 2.29. The Balaban J connectivity index is 1.88. The third kappa shape index (κ3) is 3.20. The monoisotopic (exact) mass is 374 g/mol. The number of nitrogens with two attached hydrogens (primary N) is 1. The minimum absolute atomic E-state index is 0.119. The van der Waals surface area contributed by atoms with E-state index >= 15 is 0 Å². The van der Waals surface area contributed by atoms with Crippen LogP contribution in [0.25, 0.3) is 11.2 Å². The lowest BCUT2D eigenvalue weighted by molar-refractivity contribution is 0.321. The molecule has 0 radical (unpaired) electrons. The van der Waals surface area contributed by atoms with E-state index in [1.165, 1.54) is 41.2 Å². The van der Waals surface area contributed by atoms with Crippen LogP contribution in [0.1, 0.15) is 44.9 Å². The molecule has 1 saturated carbocycles. The summed E-state index contributed by atoms with van der Waals surface area (Å²) in [5.41, 5.74) is 6.62. The maximum absolute atomic E-state index is 13.0. The third-order valence-corrected chi connectivity index (χ3v) is 6.23. The molecule has 27 heavy (non-hydrogen) atoms. The number of aryl methyl sites for hydroxylation is 1. The predicted octanol–water partition coefficient (Wildman–Crippen LogP) is 0.942. The first-order valence-electron chi connectivity index (χ1n) is 10.1. The maximum atomic E-state index is 13.0. The molecule has 2 fully saturated rings. The molecule has 148 valence electrons. The molecule has 0 amide bonds. The highest BCUT2D eigenvalue weighted by atomic mass is 16.2. The molecule has 8 nitrogen and oxygen atoms in total. The lowest BCUT2D eigenvalue weighted by Gasteiger charge is -2.32. The minimum atomic E-state index is -0.336. The molecule has 2 aromatic rings. The van der Waals surface area contributed by atoms with Gasteiger partial charge in [-0.25, -0.2) is 4.79 Å². The van der Waals surface area contributed by atoms with Gasteiger partial charge in [0.25, 0.3) is 5.56 Å². The first-order valence-corrected chi connectivity index (χ1v) is 10.1. The Morgan fingerprint density at radius 1 is 1.04 bits per heavy atom. The average Bonchev–Trinajstić information content (AvgIpc) is 3.05. The van der Waals surface area contributed by atoms with Crippen LogP contribution in [-0.4, -0.2) is 37.8 Å². The van der Waals surface area contributed by atoms with Gasteiger partial charge in [-0.05, 0) is 31.6 Å². The van der Waals surface area contributed by atoms with E-state index in [1.54, 1.807) is 14.1 Å². The minimum Gasteiger partial charge on any atom is -0.341 e. The number of nitrogens with zero attached hydrogens (tertiary/aromatic N) is 5. The fourth-order valence-electron chi connectivity index (χ4n) is 4.67. The summed E-state index contributed by atoms with van der Waals surface area (Å²) in [6.07, 6.45) is 8.19. The van der Waals surface area contributed by atoms with Gasteiger partial charge in [-0.2, -0.15) is 4.98 Å². The van der Waals surface area contributed by atoms with Crippen LogP contribution in [0, 0.1) is 5.92 Å². The summed E-state index contributed by atoms with van der Waals surface area (Å²) in [7, 11) is 3.23. The smallest absolute Gasteiger partial charge is 0.332 e. The molecule has 1 atom stereocenters. The molecule has 0 aromatic carbocycles. The Labute approximate surface area is 158 Å². The first-order chi connectivity index (χ1) is 13.0. The van der Waals surface area contributed by atoms with E-state index < -0.39 is 0 Å². The second kappa shape index (κ2) is 7.14. The number of aromatic nitrogens is 4. The molecule has 3 heterocycles. The molecule has 4 rings (SSSR count). The molecule has 1 saturated heterocycles. The second-order valence-electron chi connectivity index (χ2n) is 8.25. The number of imidazole rings is 1. The number of fused-ring (bicyclic) bond motifs is 1. The van der Waals surface area contributed by atoms with Crippen molar-refractivity contribution in [2.45, 2.75) is 57.5 Å². The fraction of sp³-hybridized carbons (Fsp3) is 0.737. The molecule has 2 aliphatic rings. The Kier molecular flexibility index (Phi) is 4.84. The summed E-state index contributed by atoms with van der Waals surface area (Å²) < 4.78 is 4.75. The van der Waals surface area contributed by atoms with Crippen molar-refractivity contribution in [2.24, 2.45) is 25.7 Å². The third-order valence-electron chi connectivity index (χ3n) is 6.23. The van der Waals surface area contributed by atoms with Crippen LogP contribution in [0.15, 0.2) is 9.59 Å². The quantitative estimate of drug-likeness (QED) is 0.863. The highest BCUT2D eigenvalue weighted by Gasteiger charge is 2.27.